The summed E-state index contributed by atoms with van der Waals surface area (Å²) in [5.41, 5.74) is 1.11. The number of carbonyl (C=O) groups excluding carboxylic acids is 2. The third-order valence-corrected chi connectivity index (χ3v) is 3.49. The molecule has 0 saturated carbocycles. The van der Waals surface area contributed by atoms with Crippen LogP contribution in [0.4, 0.5) is 0 Å². The van der Waals surface area contributed by atoms with Gasteiger partial charge in [-0.15, -0.1) is 0 Å². The highest BCUT2D eigenvalue weighted by Gasteiger charge is 2.33. The molecular weight excluding hydrogens is 282 g/mol. The molecule has 0 bridgehead atoms. The van der Waals surface area contributed by atoms with E-state index in [-0.39, 0.29) is 12.3 Å². The zero-order valence-electron chi connectivity index (χ0n) is 13.3. The quantitative estimate of drug-likeness (QED) is 0.844. The Morgan fingerprint density at radius 2 is 2.00 bits per heavy atom. The maximum atomic E-state index is 12.3. The molecule has 1 atom stereocenters. The predicted octanol–water partition coefficient (Wildman–Crippen LogP) is 1.81. The van der Waals surface area contributed by atoms with E-state index in [9.17, 15) is 9.59 Å². The van der Waals surface area contributed by atoms with Gasteiger partial charge >= 0.3 is 5.97 Å². The van der Waals surface area contributed by atoms with Gasteiger partial charge in [0.2, 0.25) is 5.91 Å². The highest BCUT2D eigenvalue weighted by atomic mass is 16.5. The van der Waals surface area contributed by atoms with Crippen LogP contribution in [0, 0.1) is 5.41 Å². The predicted molar refractivity (Wildman–Crippen MR) is 83.2 cm³/mol. The minimum absolute atomic E-state index is 0.129. The number of rotatable bonds is 4. The van der Waals surface area contributed by atoms with Crippen molar-refractivity contribution in [2.75, 3.05) is 7.11 Å². The van der Waals surface area contributed by atoms with Gasteiger partial charge in [-0.05, 0) is 11.5 Å². The maximum Gasteiger partial charge on any atom is 0.328 e. The Morgan fingerprint density at radius 1 is 1.32 bits per heavy atom. The number of hydrogen-bond donors (Lipinski definition) is 2. The molecule has 1 heterocycles. The van der Waals surface area contributed by atoms with E-state index in [1.54, 1.807) is 0 Å². The second-order valence-corrected chi connectivity index (χ2v) is 6.29. The van der Waals surface area contributed by atoms with Crippen molar-refractivity contribution < 1.29 is 14.3 Å². The fourth-order valence-electron chi connectivity index (χ4n) is 2.27. The third kappa shape index (κ3) is 3.44. The summed E-state index contributed by atoms with van der Waals surface area (Å²) in [5.74, 6) is -0.699. The highest BCUT2D eigenvalue weighted by Crippen LogP contribution is 2.21. The lowest BCUT2D eigenvalue weighted by atomic mass is 9.86. The number of aromatic amines is 1. The van der Waals surface area contributed by atoms with Gasteiger partial charge in [0.15, 0.2) is 0 Å². The number of H-pyrrole nitrogens is 1. The lowest BCUT2D eigenvalue weighted by molar-refractivity contribution is -0.148. The van der Waals surface area contributed by atoms with Gasteiger partial charge in [-0.1, -0.05) is 39.0 Å². The van der Waals surface area contributed by atoms with Crippen LogP contribution in [0.3, 0.4) is 0 Å². The molecule has 0 saturated heterocycles. The Kier molecular flexibility index (Phi) is 4.49. The normalized spacial score (nSPS) is 12.9. The topological polar surface area (TPSA) is 84.1 Å². The molecule has 2 rings (SSSR count). The zero-order valence-corrected chi connectivity index (χ0v) is 13.3. The summed E-state index contributed by atoms with van der Waals surface area (Å²) in [6, 6.07) is 6.87. The zero-order chi connectivity index (χ0) is 16.3. The first-order valence-corrected chi connectivity index (χ1v) is 7.12. The van der Waals surface area contributed by atoms with E-state index in [0.29, 0.717) is 0 Å². The molecule has 1 aromatic heterocycles. The summed E-state index contributed by atoms with van der Waals surface area (Å²) in [4.78, 5) is 24.1. The molecule has 6 nitrogen and oxygen atoms in total. The van der Waals surface area contributed by atoms with Crippen LogP contribution in [0.2, 0.25) is 0 Å². The Labute approximate surface area is 129 Å². The van der Waals surface area contributed by atoms with Crippen LogP contribution in [0.25, 0.3) is 10.9 Å². The Hall–Kier alpha value is -2.37. The second-order valence-electron chi connectivity index (χ2n) is 6.29. The van der Waals surface area contributed by atoms with Crippen molar-refractivity contribution in [1.82, 2.24) is 15.5 Å². The number of esters is 1. The highest BCUT2D eigenvalue weighted by molar-refractivity contribution is 5.89. The molecule has 2 aromatic rings. The molecule has 1 amide bonds. The summed E-state index contributed by atoms with van der Waals surface area (Å²) in [6.45, 7) is 5.63. The number of amides is 1. The molecule has 22 heavy (non-hydrogen) atoms. The molecule has 0 aliphatic heterocycles. The van der Waals surface area contributed by atoms with Gasteiger partial charge < -0.3 is 10.1 Å². The van der Waals surface area contributed by atoms with Crippen LogP contribution in [0.15, 0.2) is 24.3 Å². The van der Waals surface area contributed by atoms with E-state index in [1.807, 2.05) is 45.0 Å². The average Bonchev–Trinajstić information content (AvgIpc) is 2.86. The molecule has 0 aliphatic carbocycles. The summed E-state index contributed by atoms with van der Waals surface area (Å²) in [7, 11) is 1.32. The number of carbonyl (C=O) groups is 2. The van der Waals surface area contributed by atoms with Crippen molar-refractivity contribution in [2.45, 2.75) is 33.2 Å². The van der Waals surface area contributed by atoms with Crippen molar-refractivity contribution in [3.05, 3.63) is 30.0 Å². The van der Waals surface area contributed by atoms with Crippen molar-refractivity contribution in [2.24, 2.45) is 5.41 Å². The Morgan fingerprint density at radius 3 is 2.64 bits per heavy atom. The molecule has 0 radical (unpaired) electrons. The van der Waals surface area contributed by atoms with Gasteiger partial charge in [-0.25, -0.2) is 4.79 Å². The van der Waals surface area contributed by atoms with Crippen LogP contribution in [-0.2, 0) is 20.7 Å². The fraction of sp³-hybridized carbons (Fsp3) is 0.438. The number of methoxy groups -OCH3 is 1. The van der Waals surface area contributed by atoms with Crippen molar-refractivity contribution in [3.63, 3.8) is 0 Å². The van der Waals surface area contributed by atoms with Crippen molar-refractivity contribution in [1.29, 1.82) is 0 Å². The molecule has 6 heteroatoms. The first-order valence-electron chi connectivity index (χ1n) is 7.12. The van der Waals surface area contributed by atoms with Crippen LogP contribution >= 0.6 is 0 Å². The molecular formula is C16H21N3O3. The van der Waals surface area contributed by atoms with Gasteiger partial charge in [-0.3, -0.25) is 9.89 Å². The Bertz CT molecular complexity index is 685. The first kappa shape index (κ1) is 16.0. The lowest BCUT2D eigenvalue weighted by Gasteiger charge is -2.28. The first-order chi connectivity index (χ1) is 10.3. The summed E-state index contributed by atoms with van der Waals surface area (Å²) >= 11 is 0. The number of ether oxygens (including phenoxy) is 1. The average molecular weight is 303 g/mol. The molecule has 118 valence electrons. The largest absolute Gasteiger partial charge is 0.467 e. The van der Waals surface area contributed by atoms with Gasteiger partial charge in [0.25, 0.3) is 0 Å². The third-order valence-electron chi connectivity index (χ3n) is 3.49. The number of hydrogen-bond acceptors (Lipinski definition) is 4. The maximum absolute atomic E-state index is 12.3. The van der Waals surface area contributed by atoms with Crippen molar-refractivity contribution in [3.8, 4) is 0 Å². The van der Waals surface area contributed by atoms with E-state index in [4.69, 9.17) is 4.74 Å². The second kappa shape index (κ2) is 6.17. The lowest BCUT2D eigenvalue weighted by Crippen LogP contribution is -2.50. The van der Waals surface area contributed by atoms with Crippen LogP contribution < -0.4 is 5.32 Å². The number of nitrogens with zero attached hydrogens (tertiary/aromatic N) is 1. The number of fused-ring (bicyclic) bond motifs is 1. The number of benzene rings is 1. The molecule has 0 unspecified atom stereocenters. The van der Waals surface area contributed by atoms with Gasteiger partial charge in [0.1, 0.15) is 6.04 Å². The molecule has 0 spiro atoms. The van der Waals surface area contributed by atoms with E-state index >= 15 is 0 Å². The number of aromatic nitrogens is 2. The van der Waals surface area contributed by atoms with Gasteiger partial charge in [0, 0.05) is 5.39 Å². The minimum atomic E-state index is -0.695. The van der Waals surface area contributed by atoms with Crippen molar-refractivity contribution >= 4 is 22.8 Å². The van der Waals surface area contributed by atoms with Gasteiger partial charge in [-0.2, -0.15) is 5.10 Å². The van der Waals surface area contributed by atoms with E-state index in [1.165, 1.54) is 7.11 Å². The smallest absolute Gasteiger partial charge is 0.328 e. The fourth-order valence-corrected chi connectivity index (χ4v) is 2.27. The molecule has 0 aliphatic rings. The van der Waals surface area contributed by atoms with Gasteiger partial charge in [0.05, 0.1) is 24.7 Å². The number of nitrogens with one attached hydrogen (secondary N) is 2. The van der Waals surface area contributed by atoms with E-state index in [2.05, 4.69) is 15.5 Å². The van der Waals surface area contributed by atoms with E-state index < -0.39 is 17.4 Å². The van der Waals surface area contributed by atoms with Crippen LogP contribution in [-0.4, -0.2) is 35.2 Å². The summed E-state index contributed by atoms with van der Waals surface area (Å²) in [6.07, 6.45) is 0.129. The summed E-state index contributed by atoms with van der Waals surface area (Å²) < 4.78 is 4.77. The monoisotopic (exact) mass is 303 g/mol. The molecule has 1 aromatic carbocycles. The van der Waals surface area contributed by atoms with Crippen LogP contribution in [0.1, 0.15) is 26.5 Å². The SMILES string of the molecule is COC(=O)[C@@H](NC(=O)Cc1[nH]nc2ccccc12)C(C)(C)C. The molecule has 2 N–H and O–H groups in total. The van der Waals surface area contributed by atoms with E-state index in [0.717, 1.165) is 16.6 Å². The Balaban J connectivity index is 2.13. The summed E-state index contributed by atoms with van der Waals surface area (Å²) in [5, 5.41) is 10.7. The van der Waals surface area contributed by atoms with Crippen LogP contribution in [0.5, 0.6) is 0 Å². The molecule has 0 fully saturated rings. The number of para-hydroxylation sites is 1. The standard InChI is InChI=1S/C16H21N3O3/c1-16(2,3)14(15(21)22-4)17-13(20)9-12-10-7-5-6-8-11(10)18-19-12/h5-8,14H,9H2,1-4H3,(H,17,20)(H,18,19)/t14-/m1/s1. The minimum Gasteiger partial charge on any atom is -0.467 e.